The normalized spacial score (nSPS) is 13.7. The van der Waals surface area contributed by atoms with E-state index >= 15 is 0 Å². The van der Waals surface area contributed by atoms with Gasteiger partial charge in [0.15, 0.2) is 0 Å². The zero-order chi connectivity index (χ0) is 13.2. The first kappa shape index (κ1) is 12.1. The van der Waals surface area contributed by atoms with Crippen molar-refractivity contribution in [2.24, 2.45) is 0 Å². The third-order valence-corrected chi connectivity index (χ3v) is 3.48. The van der Waals surface area contributed by atoms with Crippen LogP contribution in [0.2, 0.25) is 0 Å². The second-order valence-corrected chi connectivity index (χ2v) is 4.71. The van der Waals surface area contributed by atoms with Gasteiger partial charge in [0.25, 0.3) is 0 Å². The lowest BCUT2D eigenvalue weighted by molar-refractivity contribution is 0.628. The van der Waals surface area contributed by atoms with Crippen molar-refractivity contribution in [1.29, 1.82) is 0 Å². The van der Waals surface area contributed by atoms with Gasteiger partial charge in [0.2, 0.25) is 0 Å². The maximum absolute atomic E-state index is 13.4. The molecule has 0 spiro atoms. The van der Waals surface area contributed by atoms with E-state index in [-0.39, 0.29) is 5.82 Å². The zero-order valence-electron chi connectivity index (χ0n) is 10.9. The van der Waals surface area contributed by atoms with Crippen molar-refractivity contribution in [3.63, 3.8) is 0 Å². The van der Waals surface area contributed by atoms with Crippen LogP contribution in [0.4, 0.5) is 15.8 Å². The third-order valence-electron chi connectivity index (χ3n) is 3.48. The van der Waals surface area contributed by atoms with E-state index < -0.39 is 0 Å². The first-order valence-electron chi connectivity index (χ1n) is 6.43. The monoisotopic (exact) mass is 257 g/mol. The second-order valence-electron chi connectivity index (χ2n) is 4.71. The summed E-state index contributed by atoms with van der Waals surface area (Å²) in [6.45, 7) is 1.64. The lowest BCUT2D eigenvalue weighted by atomic mass is 10.1. The van der Waals surface area contributed by atoms with Crippen LogP contribution in [-0.4, -0.2) is 18.6 Å². The molecular weight excluding hydrogens is 241 g/mol. The Morgan fingerprint density at radius 1 is 1.32 bits per heavy atom. The van der Waals surface area contributed by atoms with Gasteiger partial charge in [0, 0.05) is 42.4 Å². The minimum atomic E-state index is -0.185. The van der Waals surface area contributed by atoms with Gasteiger partial charge in [-0.15, -0.1) is 0 Å². The molecule has 1 aromatic carbocycles. The number of hydrogen-bond acceptors (Lipinski definition) is 3. The Kier molecular flexibility index (Phi) is 3.17. The molecule has 1 N–H and O–H groups in total. The Labute approximate surface area is 112 Å². The van der Waals surface area contributed by atoms with Gasteiger partial charge in [-0.3, -0.25) is 4.98 Å². The molecule has 0 aliphatic carbocycles. The van der Waals surface area contributed by atoms with Gasteiger partial charge in [-0.1, -0.05) is 6.07 Å². The summed E-state index contributed by atoms with van der Waals surface area (Å²) < 4.78 is 13.4. The van der Waals surface area contributed by atoms with E-state index in [0.29, 0.717) is 0 Å². The second kappa shape index (κ2) is 4.97. The van der Waals surface area contributed by atoms with E-state index in [1.165, 1.54) is 11.6 Å². The molecule has 4 heteroatoms. The fraction of sp³-hybridized carbons (Fsp3) is 0.267. The highest BCUT2D eigenvalue weighted by Crippen LogP contribution is 2.36. The van der Waals surface area contributed by atoms with Gasteiger partial charge >= 0.3 is 0 Å². The molecule has 0 fully saturated rings. The smallest absolute Gasteiger partial charge is 0.125 e. The zero-order valence-corrected chi connectivity index (χ0v) is 10.9. The SMILES string of the molecule is CNCc1cnccc1N1CCc2ccc(F)cc21. The number of hydrogen-bond donors (Lipinski definition) is 1. The molecule has 0 saturated carbocycles. The van der Waals surface area contributed by atoms with Crippen LogP contribution in [0.15, 0.2) is 36.7 Å². The summed E-state index contributed by atoms with van der Waals surface area (Å²) in [5.41, 5.74) is 4.41. The highest BCUT2D eigenvalue weighted by molar-refractivity contribution is 5.71. The molecule has 3 rings (SSSR count). The summed E-state index contributed by atoms with van der Waals surface area (Å²) in [6.07, 6.45) is 4.60. The third kappa shape index (κ3) is 2.19. The molecule has 0 atom stereocenters. The predicted octanol–water partition coefficient (Wildman–Crippen LogP) is 2.63. The summed E-state index contributed by atoms with van der Waals surface area (Å²) in [5, 5.41) is 3.14. The predicted molar refractivity (Wildman–Crippen MR) is 74.1 cm³/mol. The van der Waals surface area contributed by atoms with Crippen molar-refractivity contribution in [3.8, 4) is 0 Å². The van der Waals surface area contributed by atoms with Crippen molar-refractivity contribution < 1.29 is 4.39 Å². The summed E-state index contributed by atoms with van der Waals surface area (Å²) in [4.78, 5) is 6.34. The molecule has 98 valence electrons. The van der Waals surface area contributed by atoms with Gasteiger partial charge in [-0.05, 0) is 37.2 Å². The van der Waals surface area contributed by atoms with Crippen LogP contribution in [0.5, 0.6) is 0 Å². The highest BCUT2D eigenvalue weighted by Gasteiger charge is 2.22. The van der Waals surface area contributed by atoms with Crippen molar-refractivity contribution in [3.05, 3.63) is 53.6 Å². The molecule has 0 unspecified atom stereocenters. The Bertz CT molecular complexity index is 598. The standard InChI is InChI=1S/C15H16FN3/c1-17-9-12-10-18-6-4-14(12)19-7-5-11-2-3-13(16)8-15(11)19/h2-4,6,8,10,17H,5,7,9H2,1H3. The van der Waals surface area contributed by atoms with E-state index in [0.717, 1.165) is 36.4 Å². The van der Waals surface area contributed by atoms with Crippen molar-refractivity contribution in [2.45, 2.75) is 13.0 Å². The van der Waals surface area contributed by atoms with Crippen molar-refractivity contribution in [1.82, 2.24) is 10.3 Å². The fourth-order valence-electron chi connectivity index (χ4n) is 2.61. The Morgan fingerprint density at radius 3 is 3.05 bits per heavy atom. The van der Waals surface area contributed by atoms with Crippen LogP contribution in [0.25, 0.3) is 0 Å². The number of fused-ring (bicyclic) bond motifs is 1. The van der Waals surface area contributed by atoms with E-state index in [4.69, 9.17) is 0 Å². The molecule has 3 nitrogen and oxygen atoms in total. The molecule has 2 aromatic rings. The number of anilines is 2. The molecular formula is C15H16FN3. The largest absolute Gasteiger partial charge is 0.340 e. The number of nitrogens with one attached hydrogen (secondary N) is 1. The Morgan fingerprint density at radius 2 is 2.21 bits per heavy atom. The summed E-state index contributed by atoms with van der Waals surface area (Å²) in [7, 11) is 1.91. The molecule has 0 amide bonds. The van der Waals surface area contributed by atoms with Gasteiger partial charge in [0.05, 0.1) is 0 Å². The number of benzene rings is 1. The Hall–Kier alpha value is -1.94. The lowest BCUT2D eigenvalue weighted by Crippen LogP contribution is -2.17. The quantitative estimate of drug-likeness (QED) is 0.916. The van der Waals surface area contributed by atoms with Gasteiger partial charge in [-0.2, -0.15) is 0 Å². The highest BCUT2D eigenvalue weighted by atomic mass is 19.1. The van der Waals surface area contributed by atoms with Crippen LogP contribution in [0, 0.1) is 5.82 Å². The average Bonchev–Trinajstić information content (AvgIpc) is 2.82. The minimum Gasteiger partial charge on any atom is -0.340 e. The molecule has 0 saturated heterocycles. The number of rotatable bonds is 3. The maximum Gasteiger partial charge on any atom is 0.125 e. The van der Waals surface area contributed by atoms with Crippen molar-refractivity contribution in [2.75, 3.05) is 18.5 Å². The minimum absolute atomic E-state index is 0.185. The van der Waals surface area contributed by atoms with Crippen LogP contribution < -0.4 is 10.2 Å². The van der Waals surface area contributed by atoms with Crippen LogP contribution in [0.1, 0.15) is 11.1 Å². The summed E-state index contributed by atoms with van der Waals surface area (Å²) >= 11 is 0. The molecule has 0 radical (unpaired) electrons. The first-order valence-corrected chi connectivity index (χ1v) is 6.43. The molecule has 1 aliphatic heterocycles. The van der Waals surface area contributed by atoms with Crippen LogP contribution in [-0.2, 0) is 13.0 Å². The molecule has 0 bridgehead atoms. The topological polar surface area (TPSA) is 28.2 Å². The van der Waals surface area contributed by atoms with Crippen LogP contribution in [0.3, 0.4) is 0 Å². The number of aromatic nitrogens is 1. The van der Waals surface area contributed by atoms with Gasteiger partial charge in [0.1, 0.15) is 5.82 Å². The number of pyridine rings is 1. The molecule has 19 heavy (non-hydrogen) atoms. The molecule has 1 aliphatic rings. The first-order chi connectivity index (χ1) is 9.29. The van der Waals surface area contributed by atoms with E-state index in [2.05, 4.69) is 15.2 Å². The molecule has 2 heterocycles. The van der Waals surface area contributed by atoms with Gasteiger partial charge in [-0.25, -0.2) is 4.39 Å². The summed E-state index contributed by atoms with van der Waals surface area (Å²) in [5.74, 6) is -0.185. The maximum atomic E-state index is 13.4. The van der Waals surface area contributed by atoms with E-state index in [9.17, 15) is 4.39 Å². The lowest BCUT2D eigenvalue weighted by Gasteiger charge is -2.22. The fourth-order valence-corrected chi connectivity index (χ4v) is 2.61. The van der Waals surface area contributed by atoms with Crippen molar-refractivity contribution >= 4 is 11.4 Å². The van der Waals surface area contributed by atoms with E-state index in [1.54, 1.807) is 12.3 Å². The van der Waals surface area contributed by atoms with E-state index in [1.807, 2.05) is 25.4 Å². The number of halogens is 1. The van der Waals surface area contributed by atoms with Crippen LogP contribution >= 0.6 is 0 Å². The molecule has 1 aromatic heterocycles. The Balaban J connectivity index is 2.04. The van der Waals surface area contributed by atoms with Gasteiger partial charge < -0.3 is 10.2 Å². The summed E-state index contributed by atoms with van der Waals surface area (Å²) in [6, 6.07) is 7.02. The number of nitrogens with zero attached hydrogens (tertiary/aromatic N) is 2. The average molecular weight is 257 g/mol.